The van der Waals surface area contributed by atoms with E-state index in [1.807, 2.05) is 13.0 Å². The Morgan fingerprint density at radius 3 is 2.46 bits per heavy atom. The summed E-state index contributed by atoms with van der Waals surface area (Å²) in [6.45, 7) is 3.18. The van der Waals surface area contributed by atoms with Crippen LogP contribution in [-0.4, -0.2) is 23.3 Å². The first-order valence-corrected chi connectivity index (χ1v) is 7.39. The van der Waals surface area contributed by atoms with Crippen LogP contribution >= 0.6 is 11.6 Å². The predicted molar refractivity (Wildman–Crippen MR) is 88.6 cm³/mol. The van der Waals surface area contributed by atoms with E-state index in [0.29, 0.717) is 5.56 Å². The summed E-state index contributed by atoms with van der Waals surface area (Å²) >= 11 is 5.76. The van der Waals surface area contributed by atoms with Crippen LogP contribution in [0.1, 0.15) is 31.8 Å². The van der Waals surface area contributed by atoms with Crippen molar-refractivity contribution in [1.29, 1.82) is 0 Å². The molecule has 0 aromatic heterocycles. The summed E-state index contributed by atoms with van der Waals surface area (Å²) in [5.41, 5.74) is 1.50. The number of carbonyl (C=O) groups is 2. The molecule has 0 unspecified atom stereocenters. The zero-order chi connectivity index (χ0) is 17.9. The number of aryl methyl sites for hydroxylation is 2. The Labute approximate surface area is 143 Å². The van der Waals surface area contributed by atoms with Gasteiger partial charge >= 0.3 is 5.97 Å². The third kappa shape index (κ3) is 3.97. The Morgan fingerprint density at radius 2 is 1.83 bits per heavy atom. The largest absolute Gasteiger partial charge is 0.454 e. The second-order valence-electron chi connectivity index (χ2n) is 5.24. The predicted octanol–water partition coefficient (Wildman–Crippen LogP) is 3.90. The summed E-state index contributed by atoms with van der Waals surface area (Å²) in [4.78, 5) is 34.5. The summed E-state index contributed by atoms with van der Waals surface area (Å²) in [7, 11) is 0. The second kappa shape index (κ2) is 7.23. The summed E-state index contributed by atoms with van der Waals surface area (Å²) in [6, 6.07) is 8.84. The summed E-state index contributed by atoms with van der Waals surface area (Å²) in [6.07, 6.45) is 0. The number of halogens is 1. The summed E-state index contributed by atoms with van der Waals surface area (Å²) in [5.74, 6) is -1.35. The van der Waals surface area contributed by atoms with Gasteiger partial charge in [-0.25, -0.2) is 4.79 Å². The van der Waals surface area contributed by atoms with E-state index >= 15 is 0 Å². The molecule has 0 fully saturated rings. The van der Waals surface area contributed by atoms with Gasteiger partial charge in [-0.1, -0.05) is 35.4 Å². The molecule has 0 spiro atoms. The number of nitro groups is 1. The number of esters is 1. The third-order valence-corrected chi connectivity index (χ3v) is 3.63. The van der Waals surface area contributed by atoms with Gasteiger partial charge < -0.3 is 4.74 Å². The molecule has 0 amide bonds. The molecular formula is C17H14ClNO5. The molecule has 24 heavy (non-hydrogen) atoms. The third-order valence-electron chi connectivity index (χ3n) is 3.39. The highest BCUT2D eigenvalue weighted by Crippen LogP contribution is 2.23. The Kier molecular flexibility index (Phi) is 5.31. The van der Waals surface area contributed by atoms with Crippen LogP contribution < -0.4 is 0 Å². The normalized spacial score (nSPS) is 10.3. The van der Waals surface area contributed by atoms with E-state index in [1.165, 1.54) is 6.07 Å². The maximum atomic E-state index is 12.2. The van der Waals surface area contributed by atoms with E-state index in [-0.39, 0.29) is 16.4 Å². The molecule has 0 heterocycles. The van der Waals surface area contributed by atoms with Crippen molar-refractivity contribution in [3.8, 4) is 0 Å². The van der Waals surface area contributed by atoms with Crippen LogP contribution in [0.25, 0.3) is 0 Å². The molecule has 2 aromatic carbocycles. The minimum absolute atomic E-state index is 0.160. The van der Waals surface area contributed by atoms with Gasteiger partial charge in [-0.2, -0.15) is 0 Å². The SMILES string of the molecule is Cc1ccc(C(=O)COC(=O)c2cc(Cl)ccc2[N+](=O)[O-])c(C)c1. The number of hydrogen-bond acceptors (Lipinski definition) is 5. The molecule has 0 aliphatic heterocycles. The van der Waals surface area contributed by atoms with Crippen LogP contribution in [0.5, 0.6) is 0 Å². The van der Waals surface area contributed by atoms with Gasteiger partial charge in [0.05, 0.1) is 4.92 Å². The van der Waals surface area contributed by atoms with Gasteiger partial charge in [-0.15, -0.1) is 0 Å². The number of rotatable bonds is 5. The molecule has 124 valence electrons. The minimum atomic E-state index is -0.970. The highest BCUT2D eigenvalue weighted by Gasteiger charge is 2.23. The van der Waals surface area contributed by atoms with Gasteiger partial charge in [0.15, 0.2) is 6.61 Å². The average Bonchev–Trinajstić information content (AvgIpc) is 2.51. The molecule has 0 bridgehead atoms. The van der Waals surface area contributed by atoms with Crippen LogP contribution in [0, 0.1) is 24.0 Å². The van der Waals surface area contributed by atoms with Gasteiger partial charge in [-0.05, 0) is 31.5 Å². The number of hydrogen-bond donors (Lipinski definition) is 0. The molecule has 0 N–H and O–H groups in total. The van der Waals surface area contributed by atoms with Crippen molar-refractivity contribution in [3.63, 3.8) is 0 Å². The molecule has 6 nitrogen and oxygen atoms in total. The fraction of sp³-hybridized carbons (Fsp3) is 0.176. The van der Waals surface area contributed by atoms with Gasteiger partial charge in [0.25, 0.3) is 5.69 Å². The average molecular weight is 348 g/mol. The quantitative estimate of drug-likeness (QED) is 0.354. The molecule has 2 rings (SSSR count). The first-order valence-electron chi connectivity index (χ1n) is 7.01. The zero-order valence-corrected chi connectivity index (χ0v) is 13.8. The molecule has 0 radical (unpaired) electrons. The van der Waals surface area contributed by atoms with Crippen LogP contribution in [-0.2, 0) is 4.74 Å². The van der Waals surface area contributed by atoms with E-state index in [9.17, 15) is 19.7 Å². The molecule has 2 aromatic rings. The monoisotopic (exact) mass is 347 g/mol. The van der Waals surface area contributed by atoms with E-state index in [2.05, 4.69) is 0 Å². The lowest BCUT2D eigenvalue weighted by Crippen LogP contribution is -2.16. The maximum Gasteiger partial charge on any atom is 0.345 e. The van der Waals surface area contributed by atoms with Crippen molar-refractivity contribution in [2.24, 2.45) is 0 Å². The molecule has 0 saturated carbocycles. The lowest BCUT2D eigenvalue weighted by molar-refractivity contribution is -0.385. The van der Waals surface area contributed by atoms with Crippen LogP contribution in [0.15, 0.2) is 36.4 Å². The molecule has 0 aliphatic carbocycles. The van der Waals surface area contributed by atoms with E-state index in [4.69, 9.17) is 16.3 Å². The van der Waals surface area contributed by atoms with E-state index in [0.717, 1.165) is 23.3 Å². The first kappa shape index (κ1) is 17.6. The molecule has 0 atom stereocenters. The molecule has 7 heteroatoms. The number of nitro benzene ring substituents is 1. The minimum Gasteiger partial charge on any atom is -0.454 e. The van der Waals surface area contributed by atoms with Crippen molar-refractivity contribution in [2.45, 2.75) is 13.8 Å². The lowest BCUT2D eigenvalue weighted by atomic mass is 10.0. The van der Waals surface area contributed by atoms with E-state index in [1.54, 1.807) is 19.1 Å². The Hall–Kier alpha value is -2.73. The van der Waals surface area contributed by atoms with Crippen molar-refractivity contribution >= 4 is 29.0 Å². The maximum absolute atomic E-state index is 12.2. The summed E-state index contributed by atoms with van der Waals surface area (Å²) < 4.78 is 4.92. The summed E-state index contributed by atoms with van der Waals surface area (Å²) in [5, 5.41) is 11.1. The van der Waals surface area contributed by atoms with E-state index < -0.39 is 23.2 Å². The smallest absolute Gasteiger partial charge is 0.345 e. The highest BCUT2D eigenvalue weighted by atomic mass is 35.5. The molecule has 0 aliphatic rings. The fourth-order valence-electron chi connectivity index (χ4n) is 2.24. The zero-order valence-electron chi connectivity index (χ0n) is 13.0. The van der Waals surface area contributed by atoms with Crippen molar-refractivity contribution in [3.05, 3.63) is 73.8 Å². The van der Waals surface area contributed by atoms with Gasteiger partial charge in [-0.3, -0.25) is 14.9 Å². The Bertz CT molecular complexity index is 832. The number of ketones is 1. The standard InChI is InChI=1S/C17H14ClNO5/c1-10-3-5-13(11(2)7-10)16(20)9-24-17(21)14-8-12(18)4-6-15(14)19(22)23/h3-8H,9H2,1-2H3. The first-order chi connectivity index (χ1) is 11.3. The number of Topliss-reactive ketones (excluding diaryl/α,β-unsaturated/α-hetero) is 1. The Morgan fingerprint density at radius 1 is 1.12 bits per heavy atom. The van der Waals surface area contributed by atoms with Crippen LogP contribution in [0.3, 0.4) is 0 Å². The number of benzene rings is 2. The van der Waals surface area contributed by atoms with Gasteiger partial charge in [0.1, 0.15) is 5.56 Å². The van der Waals surface area contributed by atoms with Gasteiger partial charge in [0, 0.05) is 16.7 Å². The van der Waals surface area contributed by atoms with Gasteiger partial charge in [0.2, 0.25) is 5.78 Å². The van der Waals surface area contributed by atoms with Crippen molar-refractivity contribution in [2.75, 3.05) is 6.61 Å². The Balaban J connectivity index is 2.15. The fourth-order valence-corrected chi connectivity index (χ4v) is 2.42. The number of carbonyl (C=O) groups excluding carboxylic acids is 2. The number of nitrogens with zero attached hydrogens (tertiary/aromatic N) is 1. The topological polar surface area (TPSA) is 86.5 Å². The lowest BCUT2D eigenvalue weighted by Gasteiger charge is -2.08. The molecular weight excluding hydrogens is 334 g/mol. The highest BCUT2D eigenvalue weighted by molar-refractivity contribution is 6.31. The second-order valence-corrected chi connectivity index (χ2v) is 5.67. The van der Waals surface area contributed by atoms with Crippen LogP contribution in [0.2, 0.25) is 5.02 Å². The molecule has 0 saturated heterocycles. The van der Waals surface area contributed by atoms with Crippen molar-refractivity contribution in [1.82, 2.24) is 0 Å². The van der Waals surface area contributed by atoms with Crippen LogP contribution in [0.4, 0.5) is 5.69 Å². The number of ether oxygens (including phenoxy) is 1. The van der Waals surface area contributed by atoms with Crippen molar-refractivity contribution < 1.29 is 19.2 Å².